The number of piperidine rings is 1. The smallest absolute Gasteiger partial charge is 0.314 e. The van der Waals surface area contributed by atoms with Crippen molar-refractivity contribution in [2.75, 3.05) is 30.8 Å². The molecule has 0 unspecified atom stereocenters. The summed E-state index contributed by atoms with van der Waals surface area (Å²) in [5.41, 5.74) is 6.78. The molecular formula is C19H26N6O3. The van der Waals surface area contributed by atoms with Crippen LogP contribution in [0.4, 0.5) is 11.5 Å². The van der Waals surface area contributed by atoms with E-state index in [1.54, 1.807) is 11.1 Å². The number of H-pyrrole nitrogens is 1. The quantitative estimate of drug-likeness (QED) is 0.672. The summed E-state index contributed by atoms with van der Waals surface area (Å²) in [5, 5.41) is 10.0. The summed E-state index contributed by atoms with van der Waals surface area (Å²) >= 11 is 0. The van der Waals surface area contributed by atoms with Crippen LogP contribution in [0.15, 0.2) is 12.4 Å². The number of aromatic amines is 1. The van der Waals surface area contributed by atoms with Gasteiger partial charge in [-0.3, -0.25) is 14.7 Å². The van der Waals surface area contributed by atoms with Crippen molar-refractivity contribution in [1.29, 1.82) is 0 Å². The summed E-state index contributed by atoms with van der Waals surface area (Å²) in [6.07, 6.45) is 6.85. The van der Waals surface area contributed by atoms with E-state index in [0.29, 0.717) is 40.8 Å². The van der Waals surface area contributed by atoms with Gasteiger partial charge in [-0.1, -0.05) is 6.92 Å². The molecule has 4 heterocycles. The van der Waals surface area contributed by atoms with Gasteiger partial charge in [0.1, 0.15) is 5.82 Å². The third-order valence-corrected chi connectivity index (χ3v) is 5.89. The highest BCUT2D eigenvalue weighted by atomic mass is 16.5. The molecular weight excluding hydrogens is 360 g/mol. The van der Waals surface area contributed by atoms with E-state index in [1.165, 1.54) is 6.20 Å². The van der Waals surface area contributed by atoms with Crippen molar-refractivity contribution in [3.8, 4) is 0 Å². The van der Waals surface area contributed by atoms with Crippen LogP contribution in [-0.4, -0.2) is 57.7 Å². The molecule has 2 atom stereocenters. The Morgan fingerprint density at radius 1 is 1.25 bits per heavy atom. The predicted octanol–water partition coefficient (Wildman–Crippen LogP) is 1.53. The molecule has 0 bridgehead atoms. The van der Waals surface area contributed by atoms with E-state index in [4.69, 9.17) is 10.5 Å². The Hall–Kier alpha value is -2.68. The van der Waals surface area contributed by atoms with Gasteiger partial charge in [-0.2, -0.15) is 5.10 Å². The highest BCUT2D eigenvalue weighted by Gasteiger charge is 2.38. The number of nitrogen functional groups attached to an aromatic ring is 1. The Kier molecular flexibility index (Phi) is 5.17. The number of likely N-dealkylation sites (tertiary alicyclic amines) is 1. The molecule has 2 aliphatic heterocycles. The molecule has 4 N–H and O–H groups in total. The number of carbonyl (C=O) groups is 2. The molecule has 2 amide bonds. The third kappa shape index (κ3) is 3.54. The summed E-state index contributed by atoms with van der Waals surface area (Å²) in [6.45, 7) is 4.17. The molecule has 2 aliphatic rings. The maximum atomic E-state index is 13.1. The number of anilines is 2. The van der Waals surface area contributed by atoms with Crippen LogP contribution in [-0.2, 0) is 14.3 Å². The van der Waals surface area contributed by atoms with Gasteiger partial charge in [0, 0.05) is 25.8 Å². The van der Waals surface area contributed by atoms with E-state index < -0.39 is 11.8 Å². The van der Waals surface area contributed by atoms with Crippen molar-refractivity contribution in [3.63, 3.8) is 0 Å². The number of hydrogen-bond donors (Lipinski definition) is 3. The molecule has 0 radical (unpaired) electrons. The fourth-order valence-electron chi connectivity index (χ4n) is 4.35. The van der Waals surface area contributed by atoms with Crippen molar-refractivity contribution >= 4 is 34.2 Å². The van der Waals surface area contributed by atoms with E-state index >= 15 is 0 Å². The monoisotopic (exact) mass is 386 g/mol. The Bertz CT molecular complexity index is 876. The Morgan fingerprint density at radius 3 is 2.82 bits per heavy atom. The molecule has 0 saturated carbocycles. The molecule has 0 spiro atoms. The number of carbonyl (C=O) groups excluding carboxylic acids is 2. The van der Waals surface area contributed by atoms with E-state index in [0.717, 1.165) is 38.9 Å². The number of hydrogen-bond acceptors (Lipinski definition) is 6. The number of nitrogens with two attached hydrogens (primary N) is 1. The number of fused-ring (bicyclic) bond motifs is 1. The largest absolute Gasteiger partial charge is 0.383 e. The fourth-order valence-corrected chi connectivity index (χ4v) is 4.35. The lowest BCUT2D eigenvalue weighted by Gasteiger charge is -2.43. The topological polar surface area (TPSA) is 126 Å². The molecule has 0 aliphatic carbocycles. The highest BCUT2D eigenvalue weighted by Crippen LogP contribution is 2.32. The molecule has 2 fully saturated rings. The summed E-state index contributed by atoms with van der Waals surface area (Å²) in [6, 6.07) is 0.0927. The number of pyridine rings is 1. The number of nitrogens with zero attached hydrogens (tertiary/aromatic N) is 3. The van der Waals surface area contributed by atoms with Gasteiger partial charge in [0.05, 0.1) is 29.0 Å². The molecule has 2 aromatic heterocycles. The summed E-state index contributed by atoms with van der Waals surface area (Å²) in [5.74, 6) is -0.0699. The van der Waals surface area contributed by atoms with Gasteiger partial charge in [-0.15, -0.1) is 0 Å². The van der Waals surface area contributed by atoms with Crippen molar-refractivity contribution in [2.24, 2.45) is 11.8 Å². The Balaban J connectivity index is 1.52. The zero-order chi connectivity index (χ0) is 19.7. The van der Waals surface area contributed by atoms with E-state index in [2.05, 4.69) is 27.4 Å². The minimum Gasteiger partial charge on any atom is -0.383 e. The number of amides is 2. The molecule has 4 rings (SSSR count). The first-order valence-electron chi connectivity index (χ1n) is 9.82. The maximum absolute atomic E-state index is 13.1. The van der Waals surface area contributed by atoms with Crippen molar-refractivity contribution in [1.82, 2.24) is 20.1 Å². The van der Waals surface area contributed by atoms with Crippen LogP contribution >= 0.6 is 0 Å². The minimum absolute atomic E-state index is 0.0927. The average Bonchev–Trinajstić information content (AvgIpc) is 3.21. The van der Waals surface area contributed by atoms with Gasteiger partial charge in [-0.05, 0) is 37.5 Å². The van der Waals surface area contributed by atoms with Crippen molar-refractivity contribution < 1.29 is 14.3 Å². The first-order valence-corrected chi connectivity index (χ1v) is 9.82. The zero-order valence-corrected chi connectivity index (χ0v) is 16.0. The Labute approximate surface area is 163 Å². The van der Waals surface area contributed by atoms with Crippen LogP contribution in [0.5, 0.6) is 0 Å². The second kappa shape index (κ2) is 7.75. The van der Waals surface area contributed by atoms with Gasteiger partial charge < -0.3 is 20.7 Å². The van der Waals surface area contributed by atoms with E-state index in [9.17, 15) is 9.59 Å². The third-order valence-electron chi connectivity index (χ3n) is 5.89. The number of nitrogens with one attached hydrogen (secondary N) is 2. The molecule has 28 heavy (non-hydrogen) atoms. The van der Waals surface area contributed by atoms with Gasteiger partial charge in [-0.25, -0.2) is 4.98 Å². The Morgan fingerprint density at radius 2 is 2.04 bits per heavy atom. The van der Waals surface area contributed by atoms with Crippen LogP contribution in [0, 0.1) is 11.8 Å². The van der Waals surface area contributed by atoms with E-state index in [-0.39, 0.29) is 6.04 Å². The second-order valence-corrected chi connectivity index (χ2v) is 7.83. The number of ether oxygens (including phenoxy) is 1. The van der Waals surface area contributed by atoms with Gasteiger partial charge >= 0.3 is 11.8 Å². The molecule has 9 heteroatoms. The fraction of sp³-hybridized carbons (Fsp3) is 0.579. The SMILES string of the molecule is C[C@H]1CC[C@H](C2CCOCC2)N(C(=O)C(=O)Nc2cnc(N)c3cn[nH]c23)C1. The van der Waals surface area contributed by atoms with Crippen LogP contribution < -0.4 is 11.1 Å². The van der Waals surface area contributed by atoms with Gasteiger partial charge in [0.25, 0.3) is 0 Å². The summed E-state index contributed by atoms with van der Waals surface area (Å²) in [7, 11) is 0. The normalized spacial score (nSPS) is 23.7. The van der Waals surface area contributed by atoms with Crippen LogP contribution in [0.3, 0.4) is 0 Å². The van der Waals surface area contributed by atoms with Crippen molar-refractivity contribution in [3.05, 3.63) is 12.4 Å². The predicted molar refractivity (Wildman–Crippen MR) is 104 cm³/mol. The average molecular weight is 386 g/mol. The van der Waals surface area contributed by atoms with Gasteiger partial charge in [0.2, 0.25) is 0 Å². The van der Waals surface area contributed by atoms with Crippen molar-refractivity contribution in [2.45, 2.75) is 38.6 Å². The lowest BCUT2D eigenvalue weighted by Crippen LogP contribution is -2.53. The van der Waals surface area contributed by atoms with Gasteiger partial charge in [0.15, 0.2) is 0 Å². The second-order valence-electron chi connectivity index (χ2n) is 7.83. The zero-order valence-electron chi connectivity index (χ0n) is 16.0. The lowest BCUT2D eigenvalue weighted by atomic mass is 9.82. The van der Waals surface area contributed by atoms with Crippen LogP contribution in [0.2, 0.25) is 0 Å². The molecule has 2 aromatic rings. The molecule has 0 aromatic carbocycles. The number of rotatable bonds is 2. The first-order chi connectivity index (χ1) is 13.5. The summed E-state index contributed by atoms with van der Waals surface area (Å²) < 4.78 is 5.47. The minimum atomic E-state index is -0.659. The molecule has 2 saturated heterocycles. The maximum Gasteiger partial charge on any atom is 0.314 e. The number of aromatic nitrogens is 3. The highest BCUT2D eigenvalue weighted by molar-refractivity contribution is 6.40. The molecule has 9 nitrogen and oxygen atoms in total. The first kappa shape index (κ1) is 18.7. The molecule has 150 valence electrons. The lowest BCUT2D eigenvalue weighted by molar-refractivity contribution is -0.148. The summed E-state index contributed by atoms with van der Waals surface area (Å²) in [4.78, 5) is 31.7. The van der Waals surface area contributed by atoms with Crippen LogP contribution in [0.25, 0.3) is 10.9 Å². The van der Waals surface area contributed by atoms with E-state index in [1.807, 2.05) is 0 Å². The van der Waals surface area contributed by atoms with Crippen LogP contribution in [0.1, 0.15) is 32.6 Å². The standard InChI is InChI=1S/C19H26N6O3/c1-11-2-3-15(12-4-6-28-7-5-12)25(10-11)19(27)18(26)23-14-9-21-17(20)13-8-22-24-16(13)14/h8-9,11-12,15H,2-7,10H2,1H3,(H2,20,21)(H,22,24)(H,23,26)/t11-,15+/m0/s1.